The van der Waals surface area contributed by atoms with Gasteiger partial charge in [0.2, 0.25) is 0 Å². The van der Waals surface area contributed by atoms with E-state index in [0.29, 0.717) is 24.6 Å². The number of likely N-dealkylation sites (tertiary alicyclic amines) is 1. The molecule has 0 amide bonds. The fourth-order valence-corrected chi connectivity index (χ4v) is 4.43. The van der Waals surface area contributed by atoms with Crippen molar-refractivity contribution in [1.82, 2.24) is 19.4 Å². The lowest BCUT2D eigenvalue weighted by atomic mass is 10.1. The van der Waals surface area contributed by atoms with Crippen LogP contribution in [0.15, 0.2) is 18.5 Å². The van der Waals surface area contributed by atoms with Crippen LogP contribution in [0.5, 0.6) is 0 Å². The first-order valence-electron chi connectivity index (χ1n) is 9.56. The standard InChI is InChI=1S/C19H21F6N5/c1-9(2)17-28-14(10-3-13(19(23,24)25)16(26)27-4-10)7-30(17)15-11-5-29(6-12(11)15)8-18(20,21)22/h3-4,7,9,11-12,15H,5-6,8H2,1-2H3,(H2,26,27)/t11-,12+,15-. The number of alkyl halides is 6. The van der Waals surface area contributed by atoms with Gasteiger partial charge in [-0.05, 0) is 17.9 Å². The number of hydrogen-bond acceptors (Lipinski definition) is 4. The van der Waals surface area contributed by atoms with Crippen LogP contribution in [0, 0.1) is 11.8 Å². The van der Waals surface area contributed by atoms with Gasteiger partial charge in [-0.15, -0.1) is 0 Å². The smallest absolute Gasteiger partial charge is 0.383 e. The fourth-order valence-electron chi connectivity index (χ4n) is 4.43. The minimum atomic E-state index is -4.63. The van der Waals surface area contributed by atoms with Crippen LogP contribution in [0.3, 0.4) is 0 Å². The number of nitrogen functional groups attached to an aromatic ring is 1. The van der Waals surface area contributed by atoms with Crippen LogP contribution in [0.1, 0.15) is 37.2 Å². The SMILES string of the molecule is CC(C)c1nc(-c2cnc(N)c(C(F)(F)F)c2)cn1[C@@H]1[C@@H]2CN(CC(F)(F)F)C[C@@H]21. The zero-order valence-electron chi connectivity index (χ0n) is 16.3. The Kier molecular flexibility index (Phi) is 4.79. The van der Waals surface area contributed by atoms with E-state index in [0.717, 1.165) is 6.07 Å². The number of pyridine rings is 1. The van der Waals surface area contributed by atoms with Gasteiger partial charge in [-0.25, -0.2) is 9.97 Å². The molecule has 2 aliphatic rings. The average Bonchev–Trinajstić information content (AvgIpc) is 2.95. The van der Waals surface area contributed by atoms with E-state index in [1.165, 1.54) is 11.1 Å². The second kappa shape index (κ2) is 6.86. The van der Waals surface area contributed by atoms with Crippen molar-refractivity contribution in [2.45, 2.75) is 38.2 Å². The zero-order valence-corrected chi connectivity index (χ0v) is 16.3. The van der Waals surface area contributed by atoms with Gasteiger partial charge >= 0.3 is 12.4 Å². The summed E-state index contributed by atoms with van der Waals surface area (Å²) in [5.74, 6) is 0.257. The first kappa shape index (κ1) is 21.0. The first-order chi connectivity index (χ1) is 13.8. The molecule has 30 heavy (non-hydrogen) atoms. The molecule has 2 N–H and O–H groups in total. The summed E-state index contributed by atoms with van der Waals surface area (Å²) in [6.07, 6.45) is -5.93. The number of nitrogens with two attached hydrogens (primary N) is 1. The Labute approximate surface area is 168 Å². The summed E-state index contributed by atoms with van der Waals surface area (Å²) in [6.45, 7) is 3.61. The normalized spacial score (nSPS) is 24.5. The highest BCUT2D eigenvalue weighted by Crippen LogP contribution is 2.56. The van der Waals surface area contributed by atoms with Gasteiger partial charge in [0, 0.05) is 43.0 Å². The number of halogens is 6. The van der Waals surface area contributed by atoms with E-state index in [-0.39, 0.29) is 29.4 Å². The second-order valence-electron chi connectivity index (χ2n) is 8.33. The van der Waals surface area contributed by atoms with Gasteiger partial charge in [0.25, 0.3) is 0 Å². The molecular formula is C19H21F6N5. The maximum absolute atomic E-state index is 13.2. The molecule has 3 atom stereocenters. The van der Waals surface area contributed by atoms with Gasteiger partial charge in [-0.3, -0.25) is 4.90 Å². The summed E-state index contributed by atoms with van der Waals surface area (Å²) < 4.78 is 79.3. The molecule has 1 aliphatic heterocycles. The maximum Gasteiger partial charge on any atom is 0.419 e. The molecule has 1 saturated heterocycles. The number of nitrogens with zero attached hydrogens (tertiary/aromatic N) is 4. The molecule has 2 aromatic rings. The molecule has 2 fully saturated rings. The van der Waals surface area contributed by atoms with E-state index in [1.807, 2.05) is 18.4 Å². The van der Waals surface area contributed by atoms with Crippen LogP contribution in [-0.4, -0.2) is 45.2 Å². The van der Waals surface area contributed by atoms with E-state index >= 15 is 0 Å². The molecule has 0 aromatic carbocycles. The molecule has 0 radical (unpaired) electrons. The third-order valence-electron chi connectivity index (χ3n) is 5.75. The molecule has 5 nitrogen and oxygen atoms in total. The summed E-state index contributed by atoms with van der Waals surface area (Å²) >= 11 is 0. The summed E-state index contributed by atoms with van der Waals surface area (Å²) in [7, 11) is 0. The van der Waals surface area contributed by atoms with Crippen LogP contribution in [0.2, 0.25) is 0 Å². The lowest BCUT2D eigenvalue weighted by molar-refractivity contribution is -0.144. The molecule has 2 aromatic heterocycles. The number of hydrogen-bond donors (Lipinski definition) is 1. The predicted molar refractivity (Wildman–Crippen MR) is 97.5 cm³/mol. The van der Waals surface area contributed by atoms with Crippen molar-refractivity contribution in [2.24, 2.45) is 11.8 Å². The molecule has 0 spiro atoms. The molecule has 1 aliphatic carbocycles. The highest BCUT2D eigenvalue weighted by Gasteiger charge is 2.58. The van der Waals surface area contributed by atoms with E-state index in [1.54, 1.807) is 6.20 Å². The van der Waals surface area contributed by atoms with Crippen molar-refractivity contribution in [3.8, 4) is 11.3 Å². The van der Waals surface area contributed by atoms with Gasteiger partial charge in [-0.1, -0.05) is 13.8 Å². The summed E-state index contributed by atoms with van der Waals surface area (Å²) in [4.78, 5) is 9.58. The van der Waals surface area contributed by atoms with Gasteiger partial charge in [0.05, 0.1) is 17.8 Å². The molecule has 3 heterocycles. The number of fused-ring (bicyclic) bond motifs is 1. The van der Waals surface area contributed by atoms with Gasteiger partial charge < -0.3 is 10.3 Å². The van der Waals surface area contributed by atoms with Crippen LogP contribution < -0.4 is 5.73 Å². The van der Waals surface area contributed by atoms with Crippen molar-refractivity contribution in [1.29, 1.82) is 0 Å². The number of piperidine rings is 1. The summed E-state index contributed by atoms with van der Waals surface area (Å²) in [6, 6.07) is 0.940. The molecule has 0 unspecified atom stereocenters. The lowest BCUT2D eigenvalue weighted by Crippen LogP contribution is -2.34. The summed E-state index contributed by atoms with van der Waals surface area (Å²) in [5.41, 5.74) is 4.89. The largest absolute Gasteiger partial charge is 0.419 e. The van der Waals surface area contributed by atoms with Crippen LogP contribution in [0.25, 0.3) is 11.3 Å². The highest BCUT2D eigenvalue weighted by molar-refractivity contribution is 5.62. The van der Waals surface area contributed by atoms with Crippen LogP contribution in [-0.2, 0) is 6.18 Å². The van der Waals surface area contributed by atoms with Crippen LogP contribution >= 0.6 is 0 Å². The predicted octanol–water partition coefficient (Wildman–Crippen LogP) is 4.33. The van der Waals surface area contributed by atoms with Gasteiger partial charge in [-0.2, -0.15) is 26.3 Å². The van der Waals surface area contributed by atoms with E-state index in [4.69, 9.17) is 5.73 Å². The maximum atomic E-state index is 13.2. The quantitative estimate of drug-likeness (QED) is 0.729. The minimum Gasteiger partial charge on any atom is -0.383 e. The van der Waals surface area contributed by atoms with Crippen molar-refractivity contribution in [3.05, 3.63) is 29.8 Å². The Morgan fingerprint density at radius 1 is 1.13 bits per heavy atom. The summed E-state index contributed by atoms with van der Waals surface area (Å²) in [5, 5.41) is 0. The van der Waals surface area contributed by atoms with Crippen molar-refractivity contribution in [2.75, 3.05) is 25.4 Å². The van der Waals surface area contributed by atoms with Crippen molar-refractivity contribution < 1.29 is 26.3 Å². The Morgan fingerprint density at radius 3 is 2.30 bits per heavy atom. The Morgan fingerprint density at radius 2 is 1.77 bits per heavy atom. The molecule has 11 heteroatoms. The van der Waals surface area contributed by atoms with Gasteiger partial charge in [0.15, 0.2) is 0 Å². The third kappa shape index (κ3) is 3.86. The highest BCUT2D eigenvalue weighted by atomic mass is 19.4. The number of imidazole rings is 1. The topological polar surface area (TPSA) is 60.0 Å². The molecule has 1 saturated carbocycles. The van der Waals surface area contributed by atoms with Crippen LogP contribution in [0.4, 0.5) is 32.2 Å². The number of aromatic nitrogens is 3. The molecule has 0 bridgehead atoms. The Hall–Kier alpha value is -2.30. The Bertz CT molecular complexity index is 936. The minimum absolute atomic E-state index is 0.00446. The third-order valence-corrected chi connectivity index (χ3v) is 5.75. The molecular weight excluding hydrogens is 412 g/mol. The van der Waals surface area contributed by atoms with E-state index in [9.17, 15) is 26.3 Å². The molecule has 164 valence electrons. The first-order valence-corrected chi connectivity index (χ1v) is 9.56. The lowest BCUT2D eigenvalue weighted by Gasteiger charge is -2.22. The van der Waals surface area contributed by atoms with Crippen molar-refractivity contribution in [3.63, 3.8) is 0 Å². The number of anilines is 1. The van der Waals surface area contributed by atoms with E-state index in [2.05, 4.69) is 9.97 Å². The Balaban J connectivity index is 1.60. The average molecular weight is 433 g/mol. The fraction of sp³-hybridized carbons (Fsp3) is 0.579. The van der Waals surface area contributed by atoms with Gasteiger partial charge in [0.1, 0.15) is 11.6 Å². The van der Waals surface area contributed by atoms with E-state index < -0.39 is 30.3 Å². The monoisotopic (exact) mass is 433 g/mol. The zero-order chi connectivity index (χ0) is 22.0. The van der Waals surface area contributed by atoms with Crippen molar-refractivity contribution >= 4 is 5.82 Å². The second-order valence-corrected chi connectivity index (χ2v) is 8.33. The number of rotatable bonds is 4. The molecule has 4 rings (SSSR count).